The number of nitrogens with zero attached hydrogens (tertiary/aromatic N) is 1. The fourth-order valence-electron chi connectivity index (χ4n) is 1.69. The average molecular weight is 245 g/mol. The van der Waals surface area contributed by atoms with Gasteiger partial charge in [-0.3, -0.25) is 4.90 Å². The van der Waals surface area contributed by atoms with Gasteiger partial charge in [0.25, 0.3) is 6.43 Å². The first-order valence-corrected chi connectivity index (χ1v) is 5.14. The molecule has 4 nitrogen and oxygen atoms in total. The highest BCUT2D eigenvalue weighted by Gasteiger charge is 2.18. The van der Waals surface area contributed by atoms with Crippen LogP contribution in [0, 0.1) is 0 Å². The number of phenols is 1. The molecule has 17 heavy (non-hydrogen) atoms. The Morgan fingerprint density at radius 1 is 1.35 bits per heavy atom. The van der Waals surface area contributed by atoms with E-state index < -0.39 is 6.43 Å². The smallest absolute Gasteiger partial charge is 0.251 e. The number of ether oxygens (including phenoxy) is 2. The number of alkyl halides is 2. The molecule has 2 rings (SSSR count). The molecule has 6 heteroatoms. The third-order valence-corrected chi connectivity index (χ3v) is 2.46. The Labute approximate surface area is 97.4 Å². The number of rotatable bonds is 4. The van der Waals surface area contributed by atoms with Crippen molar-refractivity contribution in [2.45, 2.75) is 13.0 Å². The van der Waals surface area contributed by atoms with Gasteiger partial charge in [-0.2, -0.15) is 0 Å². The Morgan fingerprint density at radius 3 is 2.65 bits per heavy atom. The first kappa shape index (κ1) is 11.9. The zero-order valence-electron chi connectivity index (χ0n) is 9.32. The van der Waals surface area contributed by atoms with Crippen molar-refractivity contribution in [1.29, 1.82) is 0 Å². The average Bonchev–Trinajstić information content (AvgIpc) is 2.63. The van der Waals surface area contributed by atoms with E-state index in [1.807, 2.05) is 0 Å². The second kappa shape index (κ2) is 4.75. The number of hydrogen-bond acceptors (Lipinski definition) is 4. The molecule has 0 spiro atoms. The summed E-state index contributed by atoms with van der Waals surface area (Å²) in [6, 6.07) is 3.05. The number of fused-ring (bicyclic) bond motifs is 1. The van der Waals surface area contributed by atoms with Gasteiger partial charge in [-0.1, -0.05) is 0 Å². The van der Waals surface area contributed by atoms with Gasteiger partial charge in [0.15, 0.2) is 11.5 Å². The molecule has 0 atom stereocenters. The lowest BCUT2D eigenvalue weighted by Crippen LogP contribution is -2.24. The summed E-state index contributed by atoms with van der Waals surface area (Å²) in [5.41, 5.74) is 0.539. The van der Waals surface area contributed by atoms with Crippen molar-refractivity contribution in [1.82, 2.24) is 4.90 Å². The molecular formula is C11H13F2NO3. The Balaban J connectivity index is 2.11. The van der Waals surface area contributed by atoms with E-state index in [0.29, 0.717) is 17.1 Å². The summed E-state index contributed by atoms with van der Waals surface area (Å²) in [6.45, 7) is 0.00575. The van der Waals surface area contributed by atoms with Crippen LogP contribution in [-0.2, 0) is 6.54 Å². The fourth-order valence-corrected chi connectivity index (χ4v) is 1.69. The summed E-state index contributed by atoms with van der Waals surface area (Å²) in [4.78, 5) is 1.43. The first-order chi connectivity index (χ1) is 8.06. The molecule has 0 saturated heterocycles. The molecule has 1 aliphatic heterocycles. The Morgan fingerprint density at radius 2 is 2.00 bits per heavy atom. The van der Waals surface area contributed by atoms with Gasteiger partial charge in [0.2, 0.25) is 6.79 Å². The van der Waals surface area contributed by atoms with E-state index in [4.69, 9.17) is 9.47 Å². The number of benzene rings is 1. The van der Waals surface area contributed by atoms with Gasteiger partial charge in [0.05, 0.1) is 6.54 Å². The maximum atomic E-state index is 12.2. The minimum atomic E-state index is -2.39. The molecule has 0 saturated carbocycles. The van der Waals surface area contributed by atoms with E-state index in [0.717, 1.165) is 0 Å². The summed E-state index contributed by atoms with van der Waals surface area (Å²) in [6.07, 6.45) is -2.39. The summed E-state index contributed by atoms with van der Waals surface area (Å²) in [5, 5.41) is 9.71. The minimum Gasteiger partial charge on any atom is -0.507 e. The van der Waals surface area contributed by atoms with Crippen LogP contribution in [0.3, 0.4) is 0 Å². The predicted molar refractivity (Wildman–Crippen MR) is 56.6 cm³/mol. The van der Waals surface area contributed by atoms with E-state index >= 15 is 0 Å². The highest BCUT2D eigenvalue weighted by Crippen LogP contribution is 2.37. The third-order valence-electron chi connectivity index (χ3n) is 2.46. The molecule has 1 aromatic rings. The van der Waals surface area contributed by atoms with Crippen LogP contribution >= 0.6 is 0 Å². The normalized spacial score (nSPS) is 13.7. The van der Waals surface area contributed by atoms with Gasteiger partial charge in [-0.15, -0.1) is 0 Å². The van der Waals surface area contributed by atoms with Crippen molar-refractivity contribution in [3.05, 3.63) is 17.7 Å². The lowest BCUT2D eigenvalue weighted by atomic mass is 10.1. The molecule has 0 bridgehead atoms. The van der Waals surface area contributed by atoms with Crippen molar-refractivity contribution < 1.29 is 23.4 Å². The monoisotopic (exact) mass is 245 g/mol. The maximum Gasteiger partial charge on any atom is 0.251 e. The van der Waals surface area contributed by atoms with Crippen LogP contribution < -0.4 is 9.47 Å². The van der Waals surface area contributed by atoms with Gasteiger partial charge >= 0.3 is 0 Å². The maximum absolute atomic E-state index is 12.2. The molecule has 0 radical (unpaired) electrons. The highest BCUT2D eigenvalue weighted by atomic mass is 19.3. The van der Waals surface area contributed by atoms with Gasteiger partial charge in [-0.05, 0) is 13.1 Å². The summed E-state index contributed by atoms with van der Waals surface area (Å²) < 4.78 is 34.6. The number of hydrogen-bond donors (Lipinski definition) is 1. The largest absolute Gasteiger partial charge is 0.507 e. The highest BCUT2D eigenvalue weighted by molar-refractivity contribution is 5.51. The van der Waals surface area contributed by atoms with E-state index in [1.54, 1.807) is 13.1 Å². The topological polar surface area (TPSA) is 41.9 Å². The van der Waals surface area contributed by atoms with Gasteiger partial charge in [-0.25, -0.2) is 8.78 Å². The first-order valence-electron chi connectivity index (χ1n) is 5.14. The third kappa shape index (κ3) is 2.76. The van der Waals surface area contributed by atoms with E-state index in [-0.39, 0.29) is 25.6 Å². The summed E-state index contributed by atoms with van der Waals surface area (Å²) in [5.74, 6) is 1.03. The van der Waals surface area contributed by atoms with Crippen molar-refractivity contribution in [3.8, 4) is 17.2 Å². The van der Waals surface area contributed by atoms with Crippen LogP contribution in [0.25, 0.3) is 0 Å². The molecule has 0 fully saturated rings. The van der Waals surface area contributed by atoms with Gasteiger partial charge in [0, 0.05) is 18.2 Å². The van der Waals surface area contributed by atoms with E-state index in [2.05, 4.69) is 0 Å². The zero-order valence-corrected chi connectivity index (χ0v) is 9.32. The zero-order chi connectivity index (χ0) is 12.4. The molecule has 94 valence electrons. The Hall–Kier alpha value is -1.56. The minimum absolute atomic E-state index is 0.0235. The molecule has 0 amide bonds. The lowest BCUT2D eigenvalue weighted by molar-refractivity contribution is 0.0972. The van der Waals surface area contributed by atoms with Gasteiger partial charge in [0.1, 0.15) is 5.75 Å². The molecule has 1 aliphatic rings. The molecule has 1 N–H and O–H groups in total. The molecule has 0 unspecified atom stereocenters. The van der Waals surface area contributed by atoms with Crippen molar-refractivity contribution in [3.63, 3.8) is 0 Å². The number of phenolic OH excluding ortho intramolecular Hbond substituents is 1. The number of halogens is 2. The molecule has 0 aromatic heterocycles. The van der Waals surface area contributed by atoms with E-state index in [1.165, 1.54) is 11.0 Å². The molecule has 0 aliphatic carbocycles. The Kier molecular flexibility index (Phi) is 3.33. The fraction of sp³-hybridized carbons (Fsp3) is 0.455. The van der Waals surface area contributed by atoms with Crippen molar-refractivity contribution in [2.75, 3.05) is 20.4 Å². The molecule has 1 heterocycles. The van der Waals surface area contributed by atoms with Crippen LogP contribution in [-0.4, -0.2) is 36.8 Å². The number of aromatic hydroxyl groups is 1. The van der Waals surface area contributed by atoms with Crippen LogP contribution in [0.2, 0.25) is 0 Å². The lowest BCUT2D eigenvalue weighted by Gasteiger charge is -2.16. The molecule has 1 aromatic carbocycles. The molecular weight excluding hydrogens is 232 g/mol. The van der Waals surface area contributed by atoms with Crippen LogP contribution in [0.15, 0.2) is 12.1 Å². The van der Waals surface area contributed by atoms with Crippen molar-refractivity contribution in [2.24, 2.45) is 0 Å². The predicted octanol–water partition coefficient (Wildman–Crippen LogP) is 1.82. The quantitative estimate of drug-likeness (QED) is 0.878. The van der Waals surface area contributed by atoms with Crippen LogP contribution in [0.5, 0.6) is 17.2 Å². The standard InChI is InChI=1S/C11H13F2NO3/c1-14(5-11(12)13)4-7-2-9-10(3-8(7)15)17-6-16-9/h2-3,11,15H,4-6H2,1H3. The van der Waals surface area contributed by atoms with Crippen molar-refractivity contribution >= 4 is 0 Å². The van der Waals surface area contributed by atoms with Crippen LogP contribution in [0.4, 0.5) is 8.78 Å². The second-order valence-electron chi connectivity index (χ2n) is 3.92. The van der Waals surface area contributed by atoms with Gasteiger partial charge < -0.3 is 14.6 Å². The van der Waals surface area contributed by atoms with Crippen LogP contribution in [0.1, 0.15) is 5.56 Å². The second-order valence-corrected chi connectivity index (χ2v) is 3.92. The summed E-state index contributed by atoms with van der Waals surface area (Å²) >= 11 is 0. The van der Waals surface area contributed by atoms with E-state index in [9.17, 15) is 13.9 Å². The SMILES string of the molecule is CN(Cc1cc2c(cc1O)OCO2)CC(F)F. The summed E-state index contributed by atoms with van der Waals surface area (Å²) in [7, 11) is 1.57. The Bertz CT molecular complexity index is 412.